The Bertz CT molecular complexity index is 882. The lowest BCUT2D eigenvalue weighted by Crippen LogP contribution is -2.02. The van der Waals surface area contributed by atoms with Crippen molar-refractivity contribution in [2.45, 2.75) is 5.88 Å². The molecule has 1 aromatic heterocycles. The van der Waals surface area contributed by atoms with E-state index in [0.717, 1.165) is 4.47 Å². The van der Waals surface area contributed by atoms with E-state index in [4.69, 9.17) is 11.6 Å². The molecule has 3 rings (SSSR count). The van der Waals surface area contributed by atoms with Gasteiger partial charge in [-0.15, -0.1) is 11.6 Å². The molecule has 0 aliphatic carbocycles. The average Bonchev–Trinajstić information content (AvgIpc) is 2.84. The van der Waals surface area contributed by atoms with Crippen molar-refractivity contribution in [3.63, 3.8) is 0 Å². The summed E-state index contributed by atoms with van der Waals surface area (Å²) in [6, 6.07) is 11.9. The van der Waals surface area contributed by atoms with Crippen LogP contribution < -0.4 is 0 Å². The van der Waals surface area contributed by atoms with Gasteiger partial charge in [0.1, 0.15) is 17.7 Å². The summed E-state index contributed by atoms with van der Waals surface area (Å²) in [6.45, 7) is 0. The Morgan fingerprint density at radius 1 is 1.29 bits per heavy atom. The third kappa shape index (κ3) is 2.41. The number of benzene rings is 2. The third-order valence-electron chi connectivity index (χ3n) is 3.13. The zero-order valence-corrected chi connectivity index (χ0v) is 13.0. The molecule has 0 fully saturated rings. The zero-order valence-electron chi connectivity index (χ0n) is 10.6. The largest absolute Gasteiger partial charge is 0.294 e. The van der Waals surface area contributed by atoms with Gasteiger partial charge in [0.15, 0.2) is 0 Å². The molecule has 6 heteroatoms. The summed E-state index contributed by atoms with van der Waals surface area (Å²) in [5.41, 5.74) is 2.38. The number of fused-ring (bicyclic) bond motifs is 1. The molecule has 0 saturated carbocycles. The molecule has 1 heterocycles. The monoisotopic (exact) mass is 363 g/mol. The summed E-state index contributed by atoms with van der Waals surface area (Å²) >= 11 is 9.29. The van der Waals surface area contributed by atoms with Crippen molar-refractivity contribution in [2.24, 2.45) is 0 Å². The second kappa shape index (κ2) is 5.47. The SMILES string of the molecule is N#Cc1cc(Br)ccc1-n1c(CCl)nc2cc(F)ccc21. The topological polar surface area (TPSA) is 41.6 Å². The lowest BCUT2D eigenvalue weighted by atomic mass is 10.2. The van der Waals surface area contributed by atoms with Gasteiger partial charge in [0, 0.05) is 10.5 Å². The number of hydrogen-bond donors (Lipinski definition) is 0. The van der Waals surface area contributed by atoms with E-state index in [0.29, 0.717) is 28.1 Å². The molecule has 3 aromatic rings. The summed E-state index contributed by atoms with van der Waals surface area (Å²) in [4.78, 5) is 4.34. The van der Waals surface area contributed by atoms with Crippen LogP contribution in [-0.4, -0.2) is 9.55 Å². The fraction of sp³-hybridized carbons (Fsp3) is 0.0667. The number of imidazole rings is 1. The van der Waals surface area contributed by atoms with Gasteiger partial charge in [-0.25, -0.2) is 9.37 Å². The number of aromatic nitrogens is 2. The molecule has 0 bridgehead atoms. The highest BCUT2D eigenvalue weighted by Gasteiger charge is 2.15. The first-order valence-electron chi connectivity index (χ1n) is 6.07. The van der Waals surface area contributed by atoms with Crippen molar-refractivity contribution in [3.05, 3.63) is 58.1 Å². The van der Waals surface area contributed by atoms with E-state index < -0.39 is 0 Å². The predicted octanol–water partition coefficient (Wildman–Crippen LogP) is 4.54. The van der Waals surface area contributed by atoms with Crippen LogP contribution in [-0.2, 0) is 5.88 Å². The number of hydrogen-bond acceptors (Lipinski definition) is 2. The van der Waals surface area contributed by atoms with Gasteiger partial charge in [-0.2, -0.15) is 5.26 Å². The summed E-state index contributed by atoms with van der Waals surface area (Å²) in [6.07, 6.45) is 0. The molecule has 0 unspecified atom stereocenters. The first kappa shape index (κ1) is 14.1. The van der Waals surface area contributed by atoms with Gasteiger partial charge in [0.2, 0.25) is 0 Å². The van der Waals surface area contributed by atoms with Crippen LogP contribution in [0.5, 0.6) is 0 Å². The van der Waals surface area contributed by atoms with Crippen molar-refractivity contribution < 1.29 is 4.39 Å². The van der Waals surface area contributed by atoms with Crippen LogP contribution in [0.3, 0.4) is 0 Å². The quantitative estimate of drug-likeness (QED) is 0.627. The molecule has 0 aliphatic heterocycles. The van der Waals surface area contributed by atoms with E-state index in [1.54, 1.807) is 16.7 Å². The normalized spacial score (nSPS) is 10.8. The minimum Gasteiger partial charge on any atom is -0.294 e. The molecule has 0 atom stereocenters. The van der Waals surface area contributed by atoms with E-state index in [1.807, 2.05) is 12.1 Å². The number of alkyl halides is 1. The maximum atomic E-state index is 13.3. The van der Waals surface area contributed by atoms with Crippen molar-refractivity contribution in [1.29, 1.82) is 5.26 Å². The number of nitrogens with zero attached hydrogens (tertiary/aromatic N) is 3. The Labute approximate surface area is 133 Å². The average molecular weight is 365 g/mol. The molecule has 0 saturated heterocycles. The Morgan fingerprint density at radius 3 is 2.81 bits per heavy atom. The van der Waals surface area contributed by atoms with Gasteiger partial charge in [-0.05, 0) is 30.3 Å². The standard InChI is InChI=1S/C15H8BrClFN3/c16-10-1-3-13(9(5-10)8-19)21-14-4-2-11(18)6-12(14)20-15(21)7-17/h1-6H,7H2. The molecule has 0 radical (unpaired) electrons. The molecule has 0 spiro atoms. The highest BCUT2D eigenvalue weighted by atomic mass is 79.9. The Hall–Kier alpha value is -1.90. The third-order valence-corrected chi connectivity index (χ3v) is 3.86. The molecule has 0 N–H and O–H groups in total. The molecule has 21 heavy (non-hydrogen) atoms. The van der Waals surface area contributed by atoms with E-state index >= 15 is 0 Å². The Kier molecular flexibility index (Phi) is 3.66. The van der Waals surface area contributed by atoms with Crippen LogP contribution in [0, 0.1) is 17.1 Å². The first-order valence-corrected chi connectivity index (χ1v) is 7.39. The highest BCUT2D eigenvalue weighted by molar-refractivity contribution is 9.10. The van der Waals surface area contributed by atoms with E-state index in [1.165, 1.54) is 12.1 Å². The Balaban J connectivity index is 2.37. The molecule has 104 valence electrons. The summed E-state index contributed by atoms with van der Waals surface area (Å²) in [5.74, 6) is 0.373. The minimum absolute atomic E-state index is 0.164. The van der Waals surface area contributed by atoms with Crippen LogP contribution in [0.4, 0.5) is 4.39 Å². The fourth-order valence-electron chi connectivity index (χ4n) is 2.25. The van der Waals surface area contributed by atoms with Gasteiger partial charge < -0.3 is 0 Å². The summed E-state index contributed by atoms with van der Waals surface area (Å²) in [5, 5.41) is 9.32. The van der Waals surface area contributed by atoms with Crippen LogP contribution in [0.2, 0.25) is 0 Å². The molecular weight excluding hydrogens is 357 g/mol. The van der Waals surface area contributed by atoms with E-state index in [-0.39, 0.29) is 11.7 Å². The predicted molar refractivity (Wildman–Crippen MR) is 83.0 cm³/mol. The smallest absolute Gasteiger partial charge is 0.129 e. The number of halogens is 3. The van der Waals surface area contributed by atoms with Crippen LogP contribution >= 0.6 is 27.5 Å². The van der Waals surface area contributed by atoms with Crippen LogP contribution in [0.1, 0.15) is 11.4 Å². The minimum atomic E-state index is -0.357. The lowest BCUT2D eigenvalue weighted by molar-refractivity contribution is 0.629. The summed E-state index contributed by atoms with van der Waals surface area (Å²) < 4.78 is 15.9. The van der Waals surface area contributed by atoms with E-state index in [2.05, 4.69) is 27.0 Å². The van der Waals surface area contributed by atoms with Crippen LogP contribution in [0.25, 0.3) is 16.7 Å². The maximum absolute atomic E-state index is 13.3. The van der Waals surface area contributed by atoms with Gasteiger partial charge in [0.25, 0.3) is 0 Å². The molecule has 2 aromatic carbocycles. The van der Waals surface area contributed by atoms with Crippen molar-refractivity contribution in [3.8, 4) is 11.8 Å². The molecule has 0 aliphatic rings. The van der Waals surface area contributed by atoms with Crippen molar-refractivity contribution >= 4 is 38.6 Å². The molecular formula is C15H8BrClFN3. The first-order chi connectivity index (χ1) is 10.1. The highest BCUT2D eigenvalue weighted by Crippen LogP contribution is 2.27. The molecule has 0 amide bonds. The van der Waals surface area contributed by atoms with Crippen molar-refractivity contribution in [2.75, 3.05) is 0 Å². The van der Waals surface area contributed by atoms with Crippen LogP contribution in [0.15, 0.2) is 40.9 Å². The zero-order chi connectivity index (χ0) is 15.0. The van der Waals surface area contributed by atoms with Gasteiger partial charge >= 0.3 is 0 Å². The van der Waals surface area contributed by atoms with Crippen molar-refractivity contribution in [1.82, 2.24) is 9.55 Å². The second-order valence-corrected chi connectivity index (χ2v) is 5.59. The summed E-state index contributed by atoms with van der Waals surface area (Å²) in [7, 11) is 0. The second-order valence-electron chi connectivity index (χ2n) is 4.40. The van der Waals surface area contributed by atoms with Gasteiger partial charge in [0.05, 0.1) is 28.2 Å². The van der Waals surface area contributed by atoms with Gasteiger partial charge in [-0.3, -0.25) is 4.57 Å². The molecule has 3 nitrogen and oxygen atoms in total. The lowest BCUT2D eigenvalue weighted by Gasteiger charge is -2.10. The van der Waals surface area contributed by atoms with E-state index in [9.17, 15) is 9.65 Å². The Morgan fingerprint density at radius 2 is 2.10 bits per heavy atom. The maximum Gasteiger partial charge on any atom is 0.129 e. The number of nitriles is 1. The fourth-order valence-corrected chi connectivity index (χ4v) is 2.79. The van der Waals surface area contributed by atoms with Gasteiger partial charge in [-0.1, -0.05) is 15.9 Å². The number of rotatable bonds is 2.